The standard InChI is InChI=1S/C13H18N2O2/c1-2-13(16)17-12-6-4-3-5-11(12)15-9-7-14-8-10-15/h3-6,14H,2,7-10H2,1H3. The zero-order chi connectivity index (χ0) is 12.1. The van der Waals surface area contributed by atoms with Gasteiger partial charge in [-0.15, -0.1) is 0 Å². The Hall–Kier alpha value is -1.55. The largest absolute Gasteiger partial charge is 0.424 e. The van der Waals surface area contributed by atoms with Crippen molar-refractivity contribution in [2.75, 3.05) is 31.1 Å². The van der Waals surface area contributed by atoms with Crippen LogP contribution in [0.1, 0.15) is 13.3 Å². The van der Waals surface area contributed by atoms with Gasteiger partial charge in [0.2, 0.25) is 0 Å². The Morgan fingerprint density at radius 3 is 2.76 bits per heavy atom. The molecule has 0 unspecified atom stereocenters. The summed E-state index contributed by atoms with van der Waals surface area (Å²) < 4.78 is 5.35. The molecule has 0 atom stereocenters. The van der Waals surface area contributed by atoms with Crippen molar-refractivity contribution in [2.45, 2.75) is 13.3 Å². The van der Waals surface area contributed by atoms with E-state index in [9.17, 15) is 4.79 Å². The van der Waals surface area contributed by atoms with Gasteiger partial charge in [-0.05, 0) is 12.1 Å². The number of hydrogen-bond acceptors (Lipinski definition) is 4. The molecule has 92 valence electrons. The van der Waals surface area contributed by atoms with E-state index in [1.165, 1.54) is 0 Å². The first-order chi connectivity index (χ1) is 8.31. The van der Waals surface area contributed by atoms with Crippen molar-refractivity contribution in [3.05, 3.63) is 24.3 Å². The summed E-state index contributed by atoms with van der Waals surface area (Å²) in [7, 11) is 0. The molecule has 0 aromatic heterocycles. The minimum absolute atomic E-state index is 0.187. The first-order valence-electron chi connectivity index (χ1n) is 6.06. The Morgan fingerprint density at radius 1 is 1.35 bits per heavy atom. The highest BCUT2D eigenvalue weighted by molar-refractivity contribution is 5.75. The van der Waals surface area contributed by atoms with Crippen LogP contribution in [0.25, 0.3) is 0 Å². The highest BCUT2D eigenvalue weighted by atomic mass is 16.5. The van der Waals surface area contributed by atoms with E-state index >= 15 is 0 Å². The van der Waals surface area contributed by atoms with Crippen LogP contribution in [0.15, 0.2) is 24.3 Å². The van der Waals surface area contributed by atoms with Gasteiger partial charge in [0.1, 0.15) is 0 Å². The van der Waals surface area contributed by atoms with E-state index in [1.54, 1.807) is 6.92 Å². The Balaban J connectivity index is 2.17. The van der Waals surface area contributed by atoms with Crippen molar-refractivity contribution in [1.82, 2.24) is 5.32 Å². The molecule has 17 heavy (non-hydrogen) atoms. The van der Waals surface area contributed by atoms with Crippen molar-refractivity contribution in [1.29, 1.82) is 0 Å². The van der Waals surface area contributed by atoms with Gasteiger partial charge in [0.05, 0.1) is 5.69 Å². The molecule has 1 fully saturated rings. The van der Waals surface area contributed by atoms with Gasteiger partial charge in [-0.2, -0.15) is 0 Å². The topological polar surface area (TPSA) is 41.6 Å². The molecule has 0 aliphatic carbocycles. The predicted octanol–water partition coefficient (Wildman–Crippen LogP) is 1.41. The zero-order valence-electron chi connectivity index (χ0n) is 10.1. The van der Waals surface area contributed by atoms with Gasteiger partial charge in [-0.3, -0.25) is 4.79 Å². The quantitative estimate of drug-likeness (QED) is 0.634. The number of rotatable bonds is 3. The van der Waals surface area contributed by atoms with Crippen LogP contribution < -0.4 is 15.0 Å². The number of para-hydroxylation sites is 2. The maximum Gasteiger partial charge on any atom is 0.310 e. The summed E-state index contributed by atoms with van der Waals surface area (Å²) in [5.41, 5.74) is 1.01. The molecule has 4 nitrogen and oxygen atoms in total. The summed E-state index contributed by atoms with van der Waals surface area (Å²) in [6.45, 7) is 5.63. The number of esters is 1. The van der Waals surface area contributed by atoms with Gasteiger partial charge in [0.25, 0.3) is 0 Å². The molecule has 4 heteroatoms. The maximum absolute atomic E-state index is 11.4. The van der Waals surface area contributed by atoms with Crippen LogP contribution in [-0.4, -0.2) is 32.1 Å². The Morgan fingerprint density at radius 2 is 2.06 bits per heavy atom. The lowest BCUT2D eigenvalue weighted by Gasteiger charge is -2.30. The molecule has 0 radical (unpaired) electrons. The van der Waals surface area contributed by atoms with E-state index in [0.29, 0.717) is 12.2 Å². The average Bonchev–Trinajstić information content (AvgIpc) is 2.40. The monoisotopic (exact) mass is 234 g/mol. The molecule has 0 amide bonds. The molecule has 0 spiro atoms. The van der Waals surface area contributed by atoms with Crippen molar-refractivity contribution in [3.8, 4) is 5.75 Å². The molecule has 1 aromatic carbocycles. The number of anilines is 1. The number of benzene rings is 1. The summed E-state index contributed by atoms with van der Waals surface area (Å²) in [6, 6.07) is 7.72. The van der Waals surface area contributed by atoms with Crippen LogP contribution >= 0.6 is 0 Å². The molecule has 0 bridgehead atoms. The van der Waals surface area contributed by atoms with E-state index < -0.39 is 0 Å². The number of carbonyl (C=O) groups excluding carboxylic acids is 1. The van der Waals surface area contributed by atoms with Crippen LogP contribution in [0, 0.1) is 0 Å². The smallest absolute Gasteiger partial charge is 0.310 e. The zero-order valence-corrected chi connectivity index (χ0v) is 10.1. The fourth-order valence-corrected chi connectivity index (χ4v) is 1.91. The molecule has 1 aliphatic rings. The van der Waals surface area contributed by atoms with Gasteiger partial charge in [-0.1, -0.05) is 19.1 Å². The van der Waals surface area contributed by atoms with E-state index in [1.807, 2.05) is 24.3 Å². The molecule has 1 heterocycles. The lowest BCUT2D eigenvalue weighted by atomic mass is 10.2. The highest BCUT2D eigenvalue weighted by Crippen LogP contribution is 2.28. The molecule has 0 saturated carbocycles. The Labute approximate surface area is 102 Å². The van der Waals surface area contributed by atoms with E-state index in [0.717, 1.165) is 31.9 Å². The fourth-order valence-electron chi connectivity index (χ4n) is 1.91. The van der Waals surface area contributed by atoms with Gasteiger partial charge in [0.15, 0.2) is 5.75 Å². The molecular formula is C13H18N2O2. The third-order valence-electron chi connectivity index (χ3n) is 2.84. The SMILES string of the molecule is CCC(=O)Oc1ccccc1N1CCNCC1. The Kier molecular flexibility index (Phi) is 3.98. The molecule has 1 N–H and O–H groups in total. The van der Waals surface area contributed by atoms with Gasteiger partial charge in [0, 0.05) is 32.6 Å². The summed E-state index contributed by atoms with van der Waals surface area (Å²) >= 11 is 0. The summed E-state index contributed by atoms with van der Waals surface area (Å²) in [6.07, 6.45) is 0.399. The van der Waals surface area contributed by atoms with E-state index in [4.69, 9.17) is 4.74 Å². The predicted molar refractivity (Wildman–Crippen MR) is 67.5 cm³/mol. The van der Waals surface area contributed by atoms with Gasteiger partial charge >= 0.3 is 5.97 Å². The number of nitrogens with one attached hydrogen (secondary N) is 1. The second-order valence-electron chi connectivity index (χ2n) is 4.03. The number of hydrogen-bond donors (Lipinski definition) is 1. The summed E-state index contributed by atoms with van der Waals surface area (Å²) in [4.78, 5) is 13.6. The third-order valence-corrected chi connectivity index (χ3v) is 2.84. The first kappa shape index (κ1) is 11.9. The highest BCUT2D eigenvalue weighted by Gasteiger charge is 2.15. The summed E-state index contributed by atoms with van der Waals surface area (Å²) in [5.74, 6) is 0.480. The minimum atomic E-state index is -0.187. The van der Waals surface area contributed by atoms with Crippen LogP contribution in [-0.2, 0) is 4.79 Å². The normalized spacial score (nSPS) is 15.7. The van der Waals surface area contributed by atoms with Crippen molar-refractivity contribution < 1.29 is 9.53 Å². The lowest BCUT2D eigenvalue weighted by molar-refractivity contribution is -0.133. The number of ether oxygens (including phenoxy) is 1. The number of piperazine rings is 1. The average molecular weight is 234 g/mol. The van der Waals surface area contributed by atoms with Crippen LogP contribution in [0.5, 0.6) is 5.75 Å². The first-order valence-corrected chi connectivity index (χ1v) is 6.06. The second-order valence-corrected chi connectivity index (χ2v) is 4.03. The van der Waals surface area contributed by atoms with Crippen molar-refractivity contribution in [3.63, 3.8) is 0 Å². The maximum atomic E-state index is 11.4. The molecule has 2 rings (SSSR count). The number of carbonyl (C=O) groups is 1. The second kappa shape index (κ2) is 5.68. The van der Waals surface area contributed by atoms with Crippen molar-refractivity contribution in [2.24, 2.45) is 0 Å². The minimum Gasteiger partial charge on any atom is -0.424 e. The van der Waals surface area contributed by atoms with Crippen LogP contribution in [0.4, 0.5) is 5.69 Å². The Bertz CT molecular complexity index is 387. The van der Waals surface area contributed by atoms with E-state index in [2.05, 4.69) is 10.2 Å². The van der Waals surface area contributed by atoms with Crippen LogP contribution in [0.2, 0.25) is 0 Å². The fraction of sp³-hybridized carbons (Fsp3) is 0.462. The van der Waals surface area contributed by atoms with Gasteiger partial charge in [-0.25, -0.2) is 0 Å². The molecular weight excluding hydrogens is 216 g/mol. The molecule has 1 aliphatic heterocycles. The summed E-state index contributed by atoms with van der Waals surface area (Å²) in [5, 5.41) is 3.31. The number of nitrogens with zero attached hydrogens (tertiary/aromatic N) is 1. The van der Waals surface area contributed by atoms with E-state index in [-0.39, 0.29) is 5.97 Å². The molecule has 1 aromatic rings. The van der Waals surface area contributed by atoms with Crippen molar-refractivity contribution >= 4 is 11.7 Å². The molecule has 1 saturated heterocycles. The van der Waals surface area contributed by atoms with Crippen LogP contribution in [0.3, 0.4) is 0 Å². The lowest BCUT2D eigenvalue weighted by Crippen LogP contribution is -2.43. The third kappa shape index (κ3) is 2.97. The van der Waals surface area contributed by atoms with Gasteiger partial charge < -0.3 is 15.0 Å².